The first-order valence-corrected chi connectivity index (χ1v) is 7.37. The normalized spacial score (nSPS) is 21.2. The molecule has 0 bridgehead atoms. The second-order valence-corrected chi connectivity index (χ2v) is 5.40. The number of rotatable bonds is 8. The van der Waals surface area contributed by atoms with Gasteiger partial charge in [-0.25, -0.2) is 0 Å². The fraction of sp³-hybridized carbons (Fsp3) is 0.625. The Hall–Kier alpha value is -0.940. The third-order valence-corrected chi connectivity index (χ3v) is 3.65. The lowest BCUT2D eigenvalue weighted by molar-refractivity contribution is -0.0416. The average Bonchev–Trinajstić information content (AvgIpc) is 2.88. The van der Waals surface area contributed by atoms with Gasteiger partial charge in [0, 0.05) is 33.3 Å². The SMILES string of the molecule is CNCC(COC)OC1CCN(Cc2ccccc2)C1. The molecule has 1 aliphatic heterocycles. The molecule has 2 unspecified atom stereocenters. The highest BCUT2D eigenvalue weighted by Crippen LogP contribution is 2.17. The molecular formula is C16H26N2O2. The highest BCUT2D eigenvalue weighted by atomic mass is 16.5. The fourth-order valence-corrected chi connectivity index (χ4v) is 2.73. The maximum absolute atomic E-state index is 6.13. The Balaban J connectivity index is 1.76. The minimum Gasteiger partial charge on any atom is -0.382 e. The van der Waals surface area contributed by atoms with Crippen LogP contribution in [0.3, 0.4) is 0 Å². The van der Waals surface area contributed by atoms with Crippen molar-refractivity contribution in [2.45, 2.75) is 25.2 Å². The van der Waals surface area contributed by atoms with E-state index < -0.39 is 0 Å². The first-order chi connectivity index (χ1) is 9.81. The zero-order chi connectivity index (χ0) is 14.2. The molecule has 4 nitrogen and oxygen atoms in total. The van der Waals surface area contributed by atoms with E-state index in [4.69, 9.17) is 9.47 Å². The van der Waals surface area contributed by atoms with Crippen molar-refractivity contribution >= 4 is 0 Å². The van der Waals surface area contributed by atoms with Crippen LogP contribution in [0.1, 0.15) is 12.0 Å². The largest absolute Gasteiger partial charge is 0.382 e. The van der Waals surface area contributed by atoms with E-state index in [0.29, 0.717) is 12.7 Å². The van der Waals surface area contributed by atoms with Crippen molar-refractivity contribution in [2.75, 3.05) is 40.4 Å². The molecule has 0 amide bonds. The smallest absolute Gasteiger partial charge is 0.0936 e. The summed E-state index contributed by atoms with van der Waals surface area (Å²) in [4.78, 5) is 2.46. The minimum atomic E-state index is 0.145. The van der Waals surface area contributed by atoms with E-state index in [1.54, 1.807) is 7.11 Å². The van der Waals surface area contributed by atoms with Gasteiger partial charge in [0.05, 0.1) is 18.8 Å². The molecule has 1 aliphatic rings. The topological polar surface area (TPSA) is 33.7 Å². The van der Waals surface area contributed by atoms with Gasteiger partial charge in [-0.1, -0.05) is 30.3 Å². The Bertz CT molecular complexity index is 366. The van der Waals surface area contributed by atoms with Gasteiger partial charge in [-0.3, -0.25) is 4.90 Å². The molecule has 1 N–H and O–H groups in total. The second-order valence-electron chi connectivity index (χ2n) is 5.40. The number of likely N-dealkylation sites (N-methyl/N-ethyl adjacent to an activating group) is 1. The van der Waals surface area contributed by atoms with Gasteiger partial charge in [-0.2, -0.15) is 0 Å². The van der Waals surface area contributed by atoms with Crippen molar-refractivity contribution in [3.05, 3.63) is 35.9 Å². The molecular weight excluding hydrogens is 252 g/mol. The molecule has 0 spiro atoms. The number of ether oxygens (including phenoxy) is 2. The predicted octanol–water partition coefficient (Wildman–Crippen LogP) is 1.51. The van der Waals surface area contributed by atoms with Crippen molar-refractivity contribution in [1.29, 1.82) is 0 Å². The zero-order valence-corrected chi connectivity index (χ0v) is 12.5. The summed E-state index contributed by atoms with van der Waals surface area (Å²) in [6, 6.07) is 10.6. The monoisotopic (exact) mass is 278 g/mol. The van der Waals surface area contributed by atoms with Crippen molar-refractivity contribution < 1.29 is 9.47 Å². The molecule has 2 rings (SSSR count). The van der Waals surface area contributed by atoms with Crippen LogP contribution in [0.2, 0.25) is 0 Å². The number of nitrogens with zero attached hydrogens (tertiary/aromatic N) is 1. The predicted molar refractivity (Wildman–Crippen MR) is 80.8 cm³/mol. The lowest BCUT2D eigenvalue weighted by Crippen LogP contribution is -2.35. The lowest BCUT2D eigenvalue weighted by Gasteiger charge is -2.22. The minimum absolute atomic E-state index is 0.145. The second kappa shape index (κ2) is 8.37. The summed E-state index contributed by atoms with van der Waals surface area (Å²) in [6.07, 6.45) is 1.58. The summed E-state index contributed by atoms with van der Waals surface area (Å²) in [5.41, 5.74) is 1.37. The molecule has 112 valence electrons. The molecule has 0 aromatic heterocycles. The van der Waals surface area contributed by atoms with E-state index in [2.05, 4.69) is 40.5 Å². The lowest BCUT2D eigenvalue weighted by atomic mass is 10.2. The Kier molecular flexibility index (Phi) is 6.47. The number of methoxy groups -OCH3 is 1. The van der Waals surface area contributed by atoms with Gasteiger partial charge in [-0.15, -0.1) is 0 Å². The van der Waals surface area contributed by atoms with Crippen LogP contribution in [0.25, 0.3) is 0 Å². The molecule has 4 heteroatoms. The van der Waals surface area contributed by atoms with Crippen LogP contribution in [0, 0.1) is 0 Å². The molecule has 1 heterocycles. The third kappa shape index (κ3) is 4.87. The number of nitrogens with one attached hydrogen (secondary N) is 1. The maximum Gasteiger partial charge on any atom is 0.0936 e. The van der Waals surface area contributed by atoms with Crippen LogP contribution in [0.4, 0.5) is 0 Å². The summed E-state index contributed by atoms with van der Waals surface area (Å²) in [5, 5.41) is 3.16. The fourth-order valence-electron chi connectivity index (χ4n) is 2.73. The molecule has 1 aromatic carbocycles. The summed E-state index contributed by atoms with van der Waals surface area (Å²) < 4.78 is 11.3. The van der Waals surface area contributed by atoms with E-state index in [9.17, 15) is 0 Å². The third-order valence-electron chi connectivity index (χ3n) is 3.65. The van der Waals surface area contributed by atoms with Crippen molar-refractivity contribution in [1.82, 2.24) is 10.2 Å². The van der Waals surface area contributed by atoms with E-state index in [1.165, 1.54) is 5.56 Å². The highest BCUT2D eigenvalue weighted by Gasteiger charge is 2.25. The molecule has 1 aromatic rings. The van der Waals surface area contributed by atoms with Gasteiger partial charge < -0.3 is 14.8 Å². The highest BCUT2D eigenvalue weighted by molar-refractivity contribution is 5.14. The number of hydrogen-bond acceptors (Lipinski definition) is 4. The molecule has 0 aliphatic carbocycles. The Morgan fingerprint density at radius 3 is 2.85 bits per heavy atom. The number of benzene rings is 1. The standard InChI is InChI=1S/C16H26N2O2/c1-17-10-16(13-19-2)20-15-8-9-18(12-15)11-14-6-4-3-5-7-14/h3-7,15-17H,8-13H2,1-2H3. The summed E-state index contributed by atoms with van der Waals surface area (Å²) in [5.74, 6) is 0. The van der Waals surface area contributed by atoms with Crippen molar-refractivity contribution in [3.8, 4) is 0 Å². The van der Waals surface area contributed by atoms with Gasteiger partial charge in [0.1, 0.15) is 0 Å². The van der Waals surface area contributed by atoms with E-state index in [0.717, 1.165) is 32.6 Å². The molecule has 1 fully saturated rings. The van der Waals surface area contributed by atoms with Gasteiger partial charge in [0.15, 0.2) is 0 Å². The molecule has 1 saturated heterocycles. The Morgan fingerprint density at radius 2 is 2.15 bits per heavy atom. The van der Waals surface area contributed by atoms with Gasteiger partial charge in [0.2, 0.25) is 0 Å². The first kappa shape index (κ1) is 15.4. The van der Waals surface area contributed by atoms with E-state index in [1.807, 2.05) is 7.05 Å². The summed E-state index contributed by atoms with van der Waals surface area (Å²) in [6.45, 7) is 4.62. The van der Waals surface area contributed by atoms with E-state index >= 15 is 0 Å². The Labute approximate surface area is 122 Å². The van der Waals surface area contributed by atoms with Crippen LogP contribution in [0.5, 0.6) is 0 Å². The van der Waals surface area contributed by atoms with E-state index in [-0.39, 0.29) is 6.10 Å². The Morgan fingerprint density at radius 1 is 1.35 bits per heavy atom. The van der Waals surface area contributed by atoms with Crippen LogP contribution in [0.15, 0.2) is 30.3 Å². The average molecular weight is 278 g/mol. The van der Waals surface area contributed by atoms with Gasteiger partial charge >= 0.3 is 0 Å². The van der Waals surface area contributed by atoms with Crippen LogP contribution >= 0.6 is 0 Å². The zero-order valence-electron chi connectivity index (χ0n) is 12.5. The summed E-state index contributed by atoms with van der Waals surface area (Å²) in [7, 11) is 3.67. The number of hydrogen-bond donors (Lipinski definition) is 1. The molecule has 2 atom stereocenters. The van der Waals surface area contributed by atoms with Crippen LogP contribution < -0.4 is 5.32 Å². The van der Waals surface area contributed by atoms with Gasteiger partial charge in [-0.05, 0) is 19.0 Å². The molecule has 20 heavy (non-hydrogen) atoms. The van der Waals surface area contributed by atoms with Crippen LogP contribution in [-0.2, 0) is 16.0 Å². The first-order valence-electron chi connectivity index (χ1n) is 7.37. The van der Waals surface area contributed by atoms with Crippen LogP contribution in [-0.4, -0.2) is 57.5 Å². The van der Waals surface area contributed by atoms with Crippen molar-refractivity contribution in [3.63, 3.8) is 0 Å². The van der Waals surface area contributed by atoms with Crippen molar-refractivity contribution in [2.24, 2.45) is 0 Å². The van der Waals surface area contributed by atoms with Gasteiger partial charge in [0.25, 0.3) is 0 Å². The molecule has 0 saturated carbocycles. The number of likely N-dealkylation sites (tertiary alicyclic amines) is 1. The quantitative estimate of drug-likeness (QED) is 0.781. The molecule has 0 radical (unpaired) electrons. The maximum atomic E-state index is 6.13. The summed E-state index contributed by atoms with van der Waals surface area (Å²) >= 11 is 0.